The number of rotatable bonds is 3. The van der Waals surface area contributed by atoms with E-state index in [1.807, 2.05) is 41.2 Å². The molecule has 2 saturated heterocycles. The Morgan fingerprint density at radius 2 is 2.13 bits per heavy atom. The van der Waals surface area contributed by atoms with E-state index in [0.717, 1.165) is 44.7 Å². The summed E-state index contributed by atoms with van der Waals surface area (Å²) in [5.74, 6) is 0.263. The SMILES string of the molecule is Cn1cc(CN2CC[C@@]3(CCN(c4cccnc4)C3=O)C2)cn1. The molecule has 1 atom stereocenters. The normalized spacial score (nSPS) is 24.9. The van der Waals surface area contributed by atoms with E-state index < -0.39 is 0 Å². The Balaban J connectivity index is 1.47. The summed E-state index contributed by atoms with van der Waals surface area (Å²) in [6, 6.07) is 3.85. The van der Waals surface area contributed by atoms with Gasteiger partial charge in [-0.3, -0.25) is 19.4 Å². The summed E-state index contributed by atoms with van der Waals surface area (Å²) in [4.78, 5) is 21.4. The van der Waals surface area contributed by atoms with E-state index in [0.29, 0.717) is 0 Å². The van der Waals surface area contributed by atoms with Crippen LogP contribution in [0.1, 0.15) is 18.4 Å². The van der Waals surface area contributed by atoms with Crippen LogP contribution < -0.4 is 4.90 Å². The number of aromatic nitrogens is 3. The molecule has 0 unspecified atom stereocenters. The van der Waals surface area contributed by atoms with Crippen LogP contribution >= 0.6 is 0 Å². The van der Waals surface area contributed by atoms with Gasteiger partial charge in [0.05, 0.1) is 23.5 Å². The molecule has 4 heterocycles. The Hall–Kier alpha value is -2.21. The highest BCUT2D eigenvalue weighted by atomic mass is 16.2. The molecule has 0 aliphatic carbocycles. The van der Waals surface area contributed by atoms with Crippen molar-refractivity contribution in [2.75, 3.05) is 24.5 Å². The van der Waals surface area contributed by atoms with Gasteiger partial charge in [0.1, 0.15) is 0 Å². The van der Waals surface area contributed by atoms with Crippen molar-refractivity contribution in [1.29, 1.82) is 0 Å². The first-order chi connectivity index (χ1) is 11.2. The number of amides is 1. The van der Waals surface area contributed by atoms with Gasteiger partial charge in [-0.05, 0) is 31.5 Å². The Kier molecular flexibility index (Phi) is 3.41. The smallest absolute Gasteiger partial charge is 0.234 e. The van der Waals surface area contributed by atoms with Gasteiger partial charge in [0.15, 0.2) is 0 Å². The summed E-state index contributed by atoms with van der Waals surface area (Å²) >= 11 is 0. The van der Waals surface area contributed by atoms with Gasteiger partial charge in [-0.1, -0.05) is 0 Å². The molecule has 6 heteroatoms. The highest BCUT2D eigenvalue weighted by Crippen LogP contribution is 2.42. The van der Waals surface area contributed by atoms with Crippen molar-refractivity contribution in [3.63, 3.8) is 0 Å². The van der Waals surface area contributed by atoms with Crippen molar-refractivity contribution in [2.45, 2.75) is 19.4 Å². The van der Waals surface area contributed by atoms with Gasteiger partial charge in [0, 0.05) is 44.6 Å². The quantitative estimate of drug-likeness (QED) is 0.861. The lowest BCUT2D eigenvalue weighted by Gasteiger charge is -2.23. The van der Waals surface area contributed by atoms with Crippen LogP contribution in [0.25, 0.3) is 0 Å². The van der Waals surface area contributed by atoms with Gasteiger partial charge in [-0.2, -0.15) is 5.10 Å². The van der Waals surface area contributed by atoms with Crippen LogP contribution in [0, 0.1) is 5.41 Å². The second-order valence-electron chi connectivity index (χ2n) is 6.68. The molecular weight excluding hydrogens is 290 g/mol. The maximum Gasteiger partial charge on any atom is 0.234 e. The average molecular weight is 311 g/mol. The number of aryl methyl sites for hydroxylation is 1. The minimum absolute atomic E-state index is 0.210. The minimum atomic E-state index is -0.210. The number of pyridine rings is 1. The van der Waals surface area contributed by atoms with Crippen LogP contribution in [-0.4, -0.2) is 45.2 Å². The van der Waals surface area contributed by atoms with Gasteiger partial charge < -0.3 is 4.90 Å². The Morgan fingerprint density at radius 3 is 2.87 bits per heavy atom. The van der Waals surface area contributed by atoms with Gasteiger partial charge in [0.25, 0.3) is 0 Å². The number of likely N-dealkylation sites (tertiary alicyclic amines) is 1. The number of hydrogen-bond donors (Lipinski definition) is 0. The summed E-state index contributed by atoms with van der Waals surface area (Å²) in [7, 11) is 1.93. The third-order valence-corrected chi connectivity index (χ3v) is 5.07. The maximum absolute atomic E-state index is 13.0. The predicted octanol–water partition coefficient (Wildman–Crippen LogP) is 1.44. The summed E-state index contributed by atoms with van der Waals surface area (Å²) in [5.41, 5.74) is 1.91. The molecule has 1 spiro atoms. The molecule has 2 aromatic rings. The summed E-state index contributed by atoms with van der Waals surface area (Å²) in [6.45, 7) is 3.49. The Labute approximate surface area is 135 Å². The number of carbonyl (C=O) groups excluding carboxylic acids is 1. The molecule has 0 saturated carbocycles. The Morgan fingerprint density at radius 1 is 1.26 bits per heavy atom. The standard InChI is InChI=1S/C17H21N5O/c1-20-11-14(9-19-20)12-21-7-4-17(13-21)5-8-22(16(17)23)15-3-2-6-18-10-15/h2-3,6,9-11H,4-5,7-8,12-13H2,1H3/t17-/m1/s1. The molecule has 2 aliphatic heterocycles. The van der Waals surface area contributed by atoms with E-state index in [9.17, 15) is 4.79 Å². The van der Waals surface area contributed by atoms with Crippen molar-refractivity contribution >= 4 is 11.6 Å². The fourth-order valence-corrected chi connectivity index (χ4v) is 3.86. The molecule has 2 fully saturated rings. The molecule has 1 amide bonds. The van der Waals surface area contributed by atoms with Crippen molar-refractivity contribution < 1.29 is 4.79 Å². The fraction of sp³-hybridized carbons (Fsp3) is 0.471. The monoisotopic (exact) mass is 311 g/mol. The molecule has 2 aromatic heterocycles. The van der Waals surface area contributed by atoms with Crippen molar-refractivity contribution in [3.05, 3.63) is 42.5 Å². The first kappa shape index (κ1) is 14.4. The Bertz CT molecular complexity index is 713. The van der Waals surface area contributed by atoms with Crippen molar-refractivity contribution in [3.8, 4) is 0 Å². The average Bonchev–Trinajstić information content (AvgIpc) is 3.24. The zero-order valence-electron chi connectivity index (χ0n) is 13.4. The summed E-state index contributed by atoms with van der Waals surface area (Å²) in [6.07, 6.45) is 9.35. The molecular formula is C17H21N5O. The van der Waals surface area contributed by atoms with E-state index >= 15 is 0 Å². The highest BCUT2D eigenvalue weighted by Gasteiger charge is 2.50. The molecule has 6 nitrogen and oxygen atoms in total. The van der Waals surface area contributed by atoms with Crippen LogP contribution in [0.5, 0.6) is 0 Å². The van der Waals surface area contributed by atoms with E-state index in [4.69, 9.17) is 0 Å². The molecule has 0 bridgehead atoms. The van der Waals surface area contributed by atoms with E-state index in [-0.39, 0.29) is 11.3 Å². The van der Waals surface area contributed by atoms with Crippen LogP contribution in [0.4, 0.5) is 5.69 Å². The lowest BCUT2D eigenvalue weighted by Crippen LogP contribution is -2.36. The minimum Gasteiger partial charge on any atom is -0.310 e. The maximum atomic E-state index is 13.0. The van der Waals surface area contributed by atoms with Gasteiger partial charge in [-0.15, -0.1) is 0 Å². The molecule has 4 rings (SSSR count). The molecule has 2 aliphatic rings. The number of hydrogen-bond acceptors (Lipinski definition) is 4. The van der Waals surface area contributed by atoms with Gasteiger partial charge in [0.2, 0.25) is 5.91 Å². The van der Waals surface area contributed by atoms with Crippen LogP contribution in [0.3, 0.4) is 0 Å². The molecule has 23 heavy (non-hydrogen) atoms. The number of carbonyl (C=O) groups is 1. The van der Waals surface area contributed by atoms with Crippen molar-refractivity contribution in [1.82, 2.24) is 19.7 Å². The van der Waals surface area contributed by atoms with Crippen molar-refractivity contribution in [2.24, 2.45) is 12.5 Å². The third kappa shape index (κ3) is 2.53. The third-order valence-electron chi connectivity index (χ3n) is 5.07. The van der Waals surface area contributed by atoms with Crippen LogP contribution in [-0.2, 0) is 18.4 Å². The highest BCUT2D eigenvalue weighted by molar-refractivity contribution is 6.00. The number of nitrogens with zero attached hydrogens (tertiary/aromatic N) is 5. The lowest BCUT2D eigenvalue weighted by molar-refractivity contribution is -0.125. The molecule has 0 radical (unpaired) electrons. The second-order valence-corrected chi connectivity index (χ2v) is 6.68. The fourth-order valence-electron chi connectivity index (χ4n) is 3.86. The van der Waals surface area contributed by atoms with Crippen LogP contribution in [0.15, 0.2) is 36.9 Å². The van der Waals surface area contributed by atoms with Gasteiger partial charge in [-0.25, -0.2) is 0 Å². The second kappa shape index (κ2) is 5.45. The first-order valence-electron chi connectivity index (χ1n) is 8.08. The molecule has 0 aromatic carbocycles. The summed E-state index contributed by atoms with van der Waals surface area (Å²) < 4.78 is 1.83. The predicted molar refractivity (Wildman–Crippen MR) is 86.7 cm³/mol. The zero-order chi connectivity index (χ0) is 15.9. The first-order valence-corrected chi connectivity index (χ1v) is 8.08. The number of anilines is 1. The lowest BCUT2D eigenvalue weighted by atomic mass is 9.85. The zero-order valence-corrected chi connectivity index (χ0v) is 13.4. The topological polar surface area (TPSA) is 54.3 Å². The van der Waals surface area contributed by atoms with E-state index in [2.05, 4.69) is 15.0 Å². The molecule has 0 N–H and O–H groups in total. The van der Waals surface area contributed by atoms with Gasteiger partial charge >= 0.3 is 0 Å². The molecule has 120 valence electrons. The summed E-state index contributed by atoms with van der Waals surface area (Å²) in [5, 5.41) is 4.22. The van der Waals surface area contributed by atoms with E-state index in [1.54, 1.807) is 12.4 Å². The van der Waals surface area contributed by atoms with Crippen LogP contribution in [0.2, 0.25) is 0 Å². The largest absolute Gasteiger partial charge is 0.310 e. The van der Waals surface area contributed by atoms with E-state index in [1.165, 1.54) is 5.56 Å².